The van der Waals surface area contributed by atoms with Crippen LogP contribution in [0.1, 0.15) is 41.5 Å². The van der Waals surface area contributed by atoms with Gasteiger partial charge in [0.1, 0.15) is 5.82 Å². The van der Waals surface area contributed by atoms with Crippen LogP contribution in [0.2, 0.25) is 0 Å². The van der Waals surface area contributed by atoms with Gasteiger partial charge in [-0.05, 0) is 41.5 Å². The zero-order valence-electron chi connectivity index (χ0n) is 15.1. The SMILES string of the molecule is C=C1NC(=O)C=CN1C(C)(C)C.CC(C)(C)n1ccc(=O)[nH]c1=O. The number of rotatable bonds is 0. The number of carbonyl (C=O) groups excluding carboxylic acids is 1. The van der Waals surface area contributed by atoms with Gasteiger partial charge in [0.05, 0.1) is 0 Å². The maximum Gasteiger partial charge on any atom is 0.328 e. The molecule has 0 aliphatic carbocycles. The molecule has 0 fully saturated rings. The summed E-state index contributed by atoms with van der Waals surface area (Å²) < 4.78 is 1.48. The van der Waals surface area contributed by atoms with Crippen molar-refractivity contribution in [1.29, 1.82) is 0 Å². The molecule has 0 unspecified atom stereocenters. The quantitative estimate of drug-likeness (QED) is 0.752. The summed E-state index contributed by atoms with van der Waals surface area (Å²) in [5.74, 6) is 0.524. The largest absolute Gasteiger partial charge is 0.330 e. The van der Waals surface area contributed by atoms with Gasteiger partial charge < -0.3 is 10.2 Å². The molecule has 132 valence electrons. The zero-order chi connectivity index (χ0) is 18.7. The van der Waals surface area contributed by atoms with Crippen molar-refractivity contribution in [3.05, 3.63) is 57.8 Å². The highest BCUT2D eigenvalue weighted by Gasteiger charge is 2.23. The van der Waals surface area contributed by atoms with Crippen molar-refractivity contribution in [3.8, 4) is 0 Å². The Morgan fingerprint density at radius 2 is 1.58 bits per heavy atom. The lowest BCUT2D eigenvalue weighted by molar-refractivity contribution is -0.116. The summed E-state index contributed by atoms with van der Waals surface area (Å²) in [5.41, 5.74) is -1.06. The van der Waals surface area contributed by atoms with E-state index in [0.29, 0.717) is 5.82 Å². The molecule has 2 rings (SSSR count). The third-order valence-corrected chi connectivity index (χ3v) is 3.20. The number of hydrogen-bond donors (Lipinski definition) is 2. The van der Waals surface area contributed by atoms with Crippen molar-refractivity contribution in [2.45, 2.75) is 52.6 Å². The van der Waals surface area contributed by atoms with Crippen LogP contribution in [-0.4, -0.2) is 25.9 Å². The van der Waals surface area contributed by atoms with Crippen LogP contribution in [0.4, 0.5) is 0 Å². The standard InChI is InChI=1S/C9H14N2O.C8H12N2O2/c1-7-10-8(12)5-6-11(7)9(2,3)4;1-8(2,3)10-5-4-6(11)9-7(10)12/h5-6H,1H2,2-4H3,(H,10,12);4-5H,1-3H3,(H,9,11,12). The predicted octanol–water partition coefficient (Wildman–Crippen LogP) is 1.49. The van der Waals surface area contributed by atoms with Crippen LogP contribution in [-0.2, 0) is 10.3 Å². The van der Waals surface area contributed by atoms with Crippen LogP contribution in [0.15, 0.2) is 46.5 Å². The Kier molecular flexibility index (Phi) is 5.60. The van der Waals surface area contributed by atoms with Gasteiger partial charge in [-0.15, -0.1) is 0 Å². The van der Waals surface area contributed by atoms with E-state index in [1.54, 1.807) is 6.20 Å². The molecule has 0 saturated carbocycles. The van der Waals surface area contributed by atoms with E-state index in [4.69, 9.17) is 0 Å². The number of carbonyl (C=O) groups is 1. The monoisotopic (exact) mass is 334 g/mol. The molecule has 0 aromatic carbocycles. The molecule has 7 nitrogen and oxygen atoms in total. The fourth-order valence-electron chi connectivity index (χ4n) is 2.05. The van der Waals surface area contributed by atoms with Crippen molar-refractivity contribution in [2.24, 2.45) is 0 Å². The molecule has 0 bridgehead atoms. The highest BCUT2D eigenvalue weighted by molar-refractivity contribution is 5.89. The molecule has 7 heteroatoms. The predicted molar refractivity (Wildman–Crippen MR) is 94.3 cm³/mol. The Hall–Kier alpha value is -2.57. The van der Waals surface area contributed by atoms with Gasteiger partial charge in [-0.2, -0.15) is 0 Å². The van der Waals surface area contributed by atoms with Gasteiger partial charge in [-0.1, -0.05) is 6.58 Å². The van der Waals surface area contributed by atoms with Crippen molar-refractivity contribution in [3.63, 3.8) is 0 Å². The topological polar surface area (TPSA) is 87.2 Å². The molecule has 24 heavy (non-hydrogen) atoms. The summed E-state index contributed by atoms with van der Waals surface area (Å²) in [6.45, 7) is 15.6. The van der Waals surface area contributed by atoms with E-state index in [0.717, 1.165) is 0 Å². The van der Waals surface area contributed by atoms with Crippen molar-refractivity contribution in [2.75, 3.05) is 0 Å². The van der Waals surface area contributed by atoms with E-state index in [1.165, 1.54) is 22.9 Å². The van der Waals surface area contributed by atoms with Gasteiger partial charge in [-0.25, -0.2) is 4.79 Å². The fraction of sp³-hybridized carbons (Fsp3) is 0.471. The molecular weight excluding hydrogens is 308 g/mol. The maximum atomic E-state index is 11.2. The average Bonchev–Trinajstić information content (AvgIpc) is 2.35. The first-order chi connectivity index (χ1) is 10.8. The number of H-pyrrole nitrogens is 1. The number of hydrogen-bond acceptors (Lipinski definition) is 4. The Morgan fingerprint density at radius 1 is 1.00 bits per heavy atom. The van der Waals surface area contributed by atoms with Gasteiger partial charge in [0, 0.05) is 35.6 Å². The second-order valence-electron chi connectivity index (χ2n) is 7.44. The summed E-state index contributed by atoms with van der Waals surface area (Å²) in [7, 11) is 0. The molecule has 1 aromatic heterocycles. The minimum atomic E-state index is -0.366. The minimum Gasteiger partial charge on any atom is -0.330 e. The molecular formula is C17H26N4O3. The Bertz CT molecular complexity index is 758. The van der Waals surface area contributed by atoms with Crippen molar-refractivity contribution >= 4 is 5.91 Å². The Balaban J connectivity index is 0.000000240. The van der Waals surface area contributed by atoms with Crippen LogP contribution >= 0.6 is 0 Å². The molecule has 0 spiro atoms. The van der Waals surface area contributed by atoms with E-state index in [2.05, 4.69) is 37.7 Å². The number of amides is 1. The molecule has 2 N–H and O–H groups in total. The first-order valence-electron chi connectivity index (χ1n) is 7.62. The summed E-state index contributed by atoms with van der Waals surface area (Å²) in [5, 5.41) is 2.64. The lowest BCUT2D eigenvalue weighted by atomic mass is 10.1. The second-order valence-corrected chi connectivity index (χ2v) is 7.44. The molecule has 1 aliphatic rings. The molecule has 0 saturated heterocycles. The third kappa shape index (κ3) is 5.26. The van der Waals surface area contributed by atoms with Crippen LogP contribution in [0, 0.1) is 0 Å². The summed E-state index contributed by atoms with van der Waals surface area (Å²) in [6.07, 6.45) is 4.75. The van der Waals surface area contributed by atoms with Crippen LogP contribution < -0.4 is 16.6 Å². The minimum absolute atomic E-state index is 0.0404. The summed E-state index contributed by atoms with van der Waals surface area (Å²) >= 11 is 0. The van der Waals surface area contributed by atoms with Gasteiger partial charge in [-0.3, -0.25) is 19.1 Å². The Morgan fingerprint density at radius 3 is 2.00 bits per heavy atom. The van der Waals surface area contributed by atoms with Gasteiger partial charge >= 0.3 is 5.69 Å². The third-order valence-electron chi connectivity index (χ3n) is 3.20. The molecule has 1 aromatic rings. The normalized spacial score (nSPS) is 14.8. The van der Waals surface area contributed by atoms with Crippen LogP contribution in [0.3, 0.4) is 0 Å². The zero-order valence-corrected chi connectivity index (χ0v) is 15.1. The Labute approximate surface area is 141 Å². The lowest BCUT2D eigenvalue weighted by Crippen LogP contribution is -2.44. The van der Waals surface area contributed by atoms with E-state index < -0.39 is 0 Å². The fourth-order valence-corrected chi connectivity index (χ4v) is 2.05. The highest BCUT2D eigenvalue weighted by atomic mass is 16.2. The first-order valence-corrected chi connectivity index (χ1v) is 7.62. The van der Waals surface area contributed by atoms with Crippen LogP contribution in [0.5, 0.6) is 0 Å². The average molecular weight is 334 g/mol. The number of nitrogens with zero attached hydrogens (tertiary/aromatic N) is 2. The molecule has 1 aliphatic heterocycles. The maximum absolute atomic E-state index is 11.2. The number of aromatic nitrogens is 2. The summed E-state index contributed by atoms with van der Waals surface area (Å²) in [6, 6.07) is 1.34. The van der Waals surface area contributed by atoms with Crippen LogP contribution in [0.25, 0.3) is 0 Å². The lowest BCUT2D eigenvalue weighted by Gasteiger charge is -2.37. The van der Waals surface area contributed by atoms with Gasteiger partial charge in [0.2, 0.25) is 0 Å². The van der Waals surface area contributed by atoms with E-state index >= 15 is 0 Å². The van der Waals surface area contributed by atoms with Gasteiger partial charge in [0.15, 0.2) is 0 Å². The molecule has 2 heterocycles. The van der Waals surface area contributed by atoms with E-state index in [9.17, 15) is 14.4 Å². The van der Waals surface area contributed by atoms with Gasteiger partial charge in [0.25, 0.3) is 11.5 Å². The highest BCUT2D eigenvalue weighted by Crippen LogP contribution is 2.19. The molecule has 1 amide bonds. The number of nitrogens with one attached hydrogen (secondary N) is 2. The first kappa shape index (κ1) is 19.5. The van der Waals surface area contributed by atoms with E-state index in [1.807, 2.05) is 25.7 Å². The molecule has 0 atom stereocenters. The van der Waals surface area contributed by atoms with Crippen molar-refractivity contribution in [1.82, 2.24) is 19.8 Å². The van der Waals surface area contributed by atoms with Crippen molar-refractivity contribution < 1.29 is 4.79 Å². The smallest absolute Gasteiger partial charge is 0.328 e. The molecule has 0 radical (unpaired) electrons. The second kappa shape index (κ2) is 6.90. The summed E-state index contributed by atoms with van der Waals surface area (Å²) in [4.78, 5) is 36.9. The number of aromatic amines is 1. The van der Waals surface area contributed by atoms with E-state index in [-0.39, 0.29) is 28.2 Å².